The maximum absolute atomic E-state index is 3.70. The highest BCUT2D eigenvalue weighted by atomic mass is 79.9. The molecule has 0 bridgehead atoms. The van der Waals surface area contributed by atoms with E-state index >= 15 is 0 Å². The molecule has 0 aliphatic heterocycles. The summed E-state index contributed by atoms with van der Waals surface area (Å²) in [5.41, 5.74) is 2.72. The summed E-state index contributed by atoms with van der Waals surface area (Å²) in [6, 6.07) is 22.2. The van der Waals surface area contributed by atoms with Crippen molar-refractivity contribution < 1.29 is 0 Å². The van der Waals surface area contributed by atoms with Gasteiger partial charge in [0.25, 0.3) is 0 Å². The van der Waals surface area contributed by atoms with Gasteiger partial charge in [-0.1, -0.05) is 47.8 Å². The van der Waals surface area contributed by atoms with Crippen molar-refractivity contribution in [3.05, 3.63) is 79.0 Å². The molecule has 0 N–H and O–H groups in total. The predicted octanol–water partition coefficient (Wildman–Crippen LogP) is 11.3. The number of benzene rings is 3. The fourth-order valence-corrected chi connectivity index (χ4v) is 8.81. The maximum atomic E-state index is 3.70. The average molecular weight is 649 g/mol. The highest BCUT2D eigenvalue weighted by molar-refractivity contribution is 9.11. The van der Waals surface area contributed by atoms with Gasteiger partial charge < -0.3 is 0 Å². The predicted molar refractivity (Wildman–Crippen MR) is 151 cm³/mol. The molecule has 0 unspecified atom stereocenters. The molecule has 6 heteroatoms. The van der Waals surface area contributed by atoms with Gasteiger partial charge >= 0.3 is 0 Å². The number of halogens is 3. The maximum Gasteiger partial charge on any atom is 0.0459 e. The highest BCUT2D eigenvalue weighted by Gasteiger charge is 2.22. The van der Waals surface area contributed by atoms with Crippen LogP contribution in [0.25, 0.3) is 51.1 Å². The Hall–Kier alpha value is -1.02. The van der Waals surface area contributed by atoms with E-state index in [1.807, 2.05) is 34.0 Å². The normalized spacial score (nSPS) is 11.9. The zero-order valence-corrected chi connectivity index (χ0v) is 23.3. The van der Waals surface area contributed by atoms with Gasteiger partial charge in [0.1, 0.15) is 0 Å². The number of thiophene rings is 3. The number of hydrogen-bond donors (Lipinski definition) is 0. The second-order valence-corrected chi connectivity index (χ2v) is 13.6. The Morgan fingerprint density at radius 1 is 0.581 bits per heavy atom. The van der Waals surface area contributed by atoms with E-state index in [4.69, 9.17) is 0 Å². The minimum Gasteiger partial charge on any atom is -0.140 e. The van der Waals surface area contributed by atoms with Crippen molar-refractivity contribution >= 4 is 112 Å². The van der Waals surface area contributed by atoms with Crippen LogP contribution in [-0.2, 0) is 0 Å². The topological polar surface area (TPSA) is 0 Å². The number of fused-ring (bicyclic) bond motifs is 3. The van der Waals surface area contributed by atoms with Crippen LogP contribution in [0, 0.1) is 6.92 Å². The van der Waals surface area contributed by atoms with Crippen molar-refractivity contribution in [2.45, 2.75) is 6.92 Å². The van der Waals surface area contributed by atoms with E-state index in [0.717, 1.165) is 13.4 Å². The van der Waals surface area contributed by atoms with Crippen LogP contribution >= 0.6 is 81.8 Å². The minimum absolute atomic E-state index is 1.11. The number of aryl methyl sites for hydroxylation is 1. The van der Waals surface area contributed by atoms with Crippen LogP contribution in [0.2, 0.25) is 0 Å². The third-order valence-electron chi connectivity index (χ3n) is 5.43. The quantitative estimate of drug-likeness (QED) is 0.175. The van der Waals surface area contributed by atoms with E-state index in [1.54, 1.807) is 0 Å². The van der Waals surface area contributed by atoms with Gasteiger partial charge in [-0.25, -0.2) is 0 Å². The van der Waals surface area contributed by atoms with Gasteiger partial charge in [-0.3, -0.25) is 0 Å². The standard InChI is InChI=1S/C25H13Br3S3/c1-12-23(17-10-15(27)3-6-20(17)29-12)25-24(18-11-16(28)4-7-21(18)31-25)22-9-13-8-14(26)2-5-19(13)30-22/h2-11H,1H3. The molecular weight excluding hydrogens is 636 g/mol. The van der Waals surface area contributed by atoms with Gasteiger partial charge in [0.2, 0.25) is 0 Å². The molecule has 6 rings (SSSR count). The van der Waals surface area contributed by atoms with Crippen LogP contribution in [0.15, 0.2) is 74.1 Å². The third-order valence-corrected chi connectivity index (χ3v) is 10.3. The lowest BCUT2D eigenvalue weighted by atomic mass is 10.0. The lowest BCUT2D eigenvalue weighted by Crippen LogP contribution is -1.79. The van der Waals surface area contributed by atoms with Crippen molar-refractivity contribution in [1.29, 1.82) is 0 Å². The summed E-state index contributed by atoms with van der Waals surface area (Å²) in [6.45, 7) is 2.25. The first-order chi connectivity index (χ1) is 15.0. The Kier molecular flexibility index (Phi) is 5.17. The summed E-state index contributed by atoms with van der Waals surface area (Å²) >= 11 is 16.7. The Morgan fingerprint density at radius 3 is 1.87 bits per heavy atom. The molecule has 3 aromatic carbocycles. The smallest absolute Gasteiger partial charge is 0.0459 e. The molecule has 3 aromatic heterocycles. The first-order valence-electron chi connectivity index (χ1n) is 9.58. The zero-order chi connectivity index (χ0) is 21.3. The second kappa shape index (κ2) is 7.79. The summed E-state index contributed by atoms with van der Waals surface area (Å²) in [6.07, 6.45) is 0. The monoisotopic (exact) mass is 646 g/mol. The molecule has 0 spiro atoms. The molecule has 0 atom stereocenters. The van der Waals surface area contributed by atoms with Crippen LogP contribution in [0.3, 0.4) is 0 Å². The van der Waals surface area contributed by atoms with Crippen LogP contribution in [0.4, 0.5) is 0 Å². The van der Waals surface area contributed by atoms with Crippen molar-refractivity contribution in [3.8, 4) is 20.9 Å². The molecule has 0 amide bonds. The van der Waals surface area contributed by atoms with Crippen molar-refractivity contribution in [3.63, 3.8) is 0 Å². The molecule has 0 fully saturated rings. The summed E-state index contributed by atoms with van der Waals surface area (Å²) in [4.78, 5) is 4.05. The first-order valence-corrected chi connectivity index (χ1v) is 14.4. The van der Waals surface area contributed by atoms with Gasteiger partial charge in [0.05, 0.1) is 0 Å². The Labute approximate surface area is 216 Å². The SMILES string of the molecule is Cc1sc2ccc(Br)cc2c1-c1sc2ccc(Br)cc2c1-c1cc2cc(Br)ccc2s1. The highest BCUT2D eigenvalue weighted by Crippen LogP contribution is 2.52. The Bertz CT molecular complexity index is 1640. The second-order valence-electron chi connectivity index (χ2n) is 7.41. The van der Waals surface area contributed by atoms with Gasteiger partial charge in [-0.15, -0.1) is 34.0 Å². The van der Waals surface area contributed by atoms with Crippen molar-refractivity contribution in [2.24, 2.45) is 0 Å². The largest absolute Gasteiger partial charge is 0.140 e. The molecular formula is C25H13Br3S3. The molecule has 0 saturated heterocycles. The van der Waals surface area contributed by atoms with E-state index < -0.39 is 0 Å². The molecule has 0 radical (unpaired) electrons. The van der Waals surface area contributed by atoms with Gasteiger partial charge in [-0.05, 0) is 73.0 Å². The summed E-state index contributed by atoms with van der Waals surface area (Å²) in [7, 11) is 0. The van der Waals surface area contributed by atoms with Crippen molar-refractivity contribution in [1.82, 2.24) is 0 Å². The Balaban J connectivity index is 1.73. The number of rotatable bonds is 2. The van der Waals surface area contributed by atoms with Crippen LogP contribution < -0.4 is 0 Å². The molecule has 31 heavy (non-hydrogen) atoms. The van der Waals surface area contributed by atoms with Crippen LogP contribution in [0.5, 0.6) is 0 Å². The number of hydrogen-bond acceptors (Lipinski definition) is 3. The van der Waals surface area contributed by atoms with Crippen LogP contribution in [0.1, 0.15) is 4.88 Å². The summed E-state index contributed by atoms with van der Waals surface area (Å²) in [5, 5.41) is 3.92. The van der Waals surface area contributed by atoms with E-state index in [9.17, 15) is 0 Å². The van der Waals surface area contributed by atoms with Gasteiger partial charge in [-0.2, -0.15) is 0 Å². The lowest BCUT2D eigenvalue weighted by Gasteiger charge is -2.05. The van der Waals surface area contributed by atoms with Gasteiger partial charge in [0, 0.05) is 64.0 Å². The van der Waals surface area contributed by atoms with E-state index in [1.165, 1.54) is 56.0 Å². The zero-order valence-electron chi connectivity index (χ0n) is 16.1. The fourth-order valence-electron chi connectivity index (χ4n) is 4.10. The van der Waals surface area contributed by atoms with E-state index in [-0.39, 0.29) is 0 Å². The molecule has 152 valence electrons. The van der Waals surface area contributed by atoms with Gasteiger partial charge in [0.15, 0.2) is 0 Å². The van der Waals surface area contributed by atoms with E-state index in [0.29, 0.717) is 0 Å². The molecule has 0 saturated carbocycles. The fraction of sp³-hybridized carbons (Fsp3) is 0.0400. The first kappa shape index (κ1) is 20.6. The Morgan fingerprint density at radius 2 is 1.16 bits per heavy atom. The molecule has 0 aliphatic carbocycles. The van der Waals surface area contributed by atoms with Crippen molar-refractivity contribution in [2.75, 3.05) is 0 Å². The van der Waals surface area contributed by atoms with E-state index in [2.05, 4.69) is 115 Å². The molecule has 6 aromatic rings. The third kappa shape index (κ3) is 3.47. The average Bonchev–Trinajstić information content (AvgIpc) is 3.39. The molecule has 3 heterocycles. The van der Waals surface area contributed by atoms with Crippen LogP contribution in [-0.4, -0.2) is 0 Å². The molecule has 0 aliphatic rings. The summed E-state index contributed by atoms with van der Waals surface area (Å²) in [5.74, 6) is 0. The minimum atomic E-state index is 1.11. The lowest BCUT2D eigenvalue weighted by molar-refractivity contribution is 1.64. The summed E-state index contributed by atoms with van der Waals surface area (Å²) < 4.78 is 7.32. The molecule has 0 nitrogen and oxygen atoms in total.